The van der Waals surface area contributed by atoms with Crippen LogP contribution >= 0.6 is 23.6 Å². The Morgan fingerprint density at radius 2 is 2.30 bits per heavy atom. The maximum atomic E-state index is 12.2. The van der Waals surface area contributed by atoms with Gasteiger partial charge >= 0.3 is 0 Å². The van der Waals surface area contributed by atoms with Crippen molar-refractivity contribution in [1.82, 2.24) is 16.2 Å². The lowest BCUT2D eigenvalue weighted by Gasteiger charge is -2.16. The van der Waals surface area contributed by atoms with E-state index >= 15 is 0 Å². The van der Waals surface area contributed by atoms with Gasteiger partial charge in [0.2, 0.25) is 0 Å². The minimum absolute atomic E-state index is 0.129. The quantitative estimate of drug-likeness (QED) is 0.416. The Bertz CT molecular complexity index is 545. The summed E-state index contributed by atoms with van der Waals surface area (Å²) in [5.41, 5.74) is 6.73. The van der Waals surface area contributed by atoms with Crippen LogP contribution in [0.5, 0.6) is 0 Å². The van der Waals surface area contributed by atoms with E-state index in [1.165, 1.54) is 16.9 Å². The van der Waals surface area contributed by atoms with Gasteiger partial charge in [0.25, 0.3) is 5.91 Å². The maximum Gasteiger partial charge on any atom is 0.279 e. The molecule has 0 aliphatic heterocycles. The summed E-state index contributed by atoms with van der Waals surface area (Å²) in [7, 11) is 0. The van der Waals surface area contributed by atoms with Crippen LogP contribution in [0.1, 0.15) is 46.8 Å². The molecule has 5 nitrogen and oxygen atoms in total. The number of thiophene rings is 1. The van der Waals surface area contributed by atoms with Gasteiger partial charge in [-0.15, -0.1) is 11.3 Å². The van der Waals surface area contributed by atoms with Gasteiger partial charge in [0, 0.05) is 24.6 Å². The number of hydrazine groups is 1. The number of carbonyl (C=O) groups excluding carboxylic acids is 1. The zero-order valence-corrected chi connectivity index (χ0v) is 15.4. The first kappa shape index (κ1) is 18.2. The van der Waals surface area contributed by atoms with Crippen LogP contribution in [0.4, 0.5) is 0 Å². The molecular weight excluding hydrogens is 330 g/mol. The van der Waals surface area contributed by atoms with Gasteiger partial charge in [-0.05, 0) is 62.4 Å². The normalized spacial score (nSPS) is 16.5. The van der Waals surface area contributed by atoms with Crippen LogP contribution < -0.4 is 16.2 Å². The molecule has 1 aliphatic rings. The summed E-state index contributed by atoms with van der Waals surface area (Å²) < 4.78 is 5.25. The second-order valence-electron chi connectivity index (χ2n) is 5.79. The zero-order chi connectivity index (χ0) is 16.7. The Labute approximate surface area is 147 Å². The molecule has 1 atom stereocenters. The van der Waals surface area contributed by atoms with Gasteiger partial charge in [0.15, 0.2) is 5.11 Å². The first-order chi connectivity index (χ1) is 11.1. The molecule has 0 radical (unpaired) electrons. The zero-order valence-electron chi connectivity index (χ0n) is 13.7. The molecule has 3 N–H and O–H groups in total. The number of hydrogen-bond acceptors (Lipinski definition) is 4. The molecular formula is C16H25N3O2S2. The summed E-state index contributed by atoms with van der Waals surface area (Å²) >= 11 is 6.72. The summed E-state index contributed by atoms with van der Waals surface area (Å²) in [4.78, 5) is 14.3. The minimum atomic E-state index is -0.129. The third-order valence-electron chi connectivity index (χ3n) is 3.80. The van der Waals surface area contributed by atoms with Crippen molar-refractivity contribution in [2.24, 2.45) is 5.92 Å². The molecule has 0 fully saturated rings. The molecule has 0 aromatic carbocycles. The Balaban J connectivity index is 1.71. The Kier molecular flexibility index (Phi) is 7.26. The lowest BCUT2D eigenvalue weighted by molar-refractivity contribution is 0.0947. The van der Waals surface area contributed by atoms with Crippen LogP contribution in [0.15, 0.2) is 6.07 Å². The lowest BCUT2D eigenvalue weighted by atomic mass is 9.90. The average molecular weight is 356 g/mol. The van der Waals surface area contributed by atoms with Crippen molar-refractivity contribution in [3.63, 3.8) is 0 Å². The van der Waals surface area contributed by atoms with Crippen molar-refractivity contribution in [2.75, 3.05) is 19.8 Å². The molecule has 7 heteroatoms. The molecule has 1 aliphatic carbocycles. The number of ether oxygens (including phenoxy) is 1. The fourth-order valence-corrected chi connectivity index (χ4v) is 3.81. The molecule has 2 rings (SSSR count). The minimum Gasteiger partial charge on any atom is -0.382 e. The summed E-state index contributed by atoms with van der Waals surface area (Å²) in [6.07, 6.45) is 4.25. The van der Waals surface area contributed by atoms with E-state index in [0.29, 0.717) is 24.2 Å². The monoisotopic (exact) mass is 355 g/mol. The van der Waals surface area contributed by atoms with Crippen LogP contribution in [0.2, 0.25) is 0 Å². The van der Waals surface area contributed by atoms with E-state index in [1.807, 2.05) is 13.0 Å². The van der Waals surface area contributed by atoms with Crippen molar-refractivity contribution >= 4 is 34.6 Å². The van der Waals surface area contributed by atoms with Crippen LogP contribution in [0.3, 0.4) is 0 Å². The van der Waals surface area contributed by atoms with Crippen LogP contribution in [0.25, 0.3) is 0 Å². The fraction of sp³-hybridized carbons (Fsp3) is 0.625. The van der Waals surface area contributed by atoms with Gasteiger partial charge in [0.1, 0.15) is 0 Å². The van der Waals surface area contributed by atoms with Crippen molar-refractivity contribution in [2.45, 2.75) is 39.5 Å². The number of rotatable bonds is 6. The number of nitrogens with one attached hydrogen (secondary N) is 3. The second kappa shape index (κ2) is 9.20. The van der Waals surface area contributed by atoms with E-state index in [1.54, 1.807) is 11.3 Å². The molecule has 0 saturated carbocycles. The van der Waals surface area contributed by atoms with Gasteiger partial charge in [-0.1, -0.05) is 6.92 Å². The van der Waals surface area contributed by atoms with Gasteiger partial charge in [0.05, 0.1) is 4.88 Å². The molecule has 23 heavy (non-hydrogen) atoms. The largest absolute Gasteiger partial charge is 0.382 e. The Hall–Kier alpha value is -1.18. The van der Waals surface area contributed by atoms with Crippen molar-refractivity contribution < 1.29 is 9.53 Å². The van der Waals surface area contributed by atoms with E-state index in [-0.39, 0.29) is 5.91 Å². The van der Waals surface area contributed by atoms with E-state index in [0.717, 1.165) is 30.7 Å². The maximum absolute atomic E-state index is 12.2. The Morgan fingerprint density at radius 3 is 3.09 bits per heavy atom. The SMILES string of the molecule is CCOCCCNC(=S)NNC(=O)c1cc2c(s1)CCC(C)C2. The third-order valence-corrected chi connectivity index (χ3v) is 5.28. The number of aryl methyl sites for hydroxylation is 1. The van der Waals surface area contributed by atoms with Gasteiger partial charge in [-0.3, -0.25) is 15.6 Å². The van der Waals surface area contributed by atoms with Gasteiger partial charge in [-0.25, -0.2) is 0 Å². The third kappa shape index (κ3) is 5.75. The fourth-order valence-electron chi connectivity index (χ4n) is 2.56. The molecule has 0 spiro atoms. The number of amides is 1. The first-order valence-electron chi connectivity index (χ1n) is 8.13. The predicted molar refractivity (Wildman–Crippen MR) is 97.8 cm³/mol. The molecule has 1 unspecified atom stereocenters. The lowest BCUT2D eigenvalue weighted by Crippen LogP contribution is -2.46. The highest BCUT2D eigenvalue weighted by atomic mass is 32.1. The van der Waals surface area contributed by atoms with Crippen LogP contribution in [-0.4, -0.2) is 30.8 Å². The molecule has 1 amide bonds. The first-order valence-corrected chi connectivity index (χ1v) is 9.36. The van der Waals surface area contributed by atoms with Crippen LogP contribution in [0, 0.1) is 5.92 Å². The molecule has 0 saturated heterocycles. The van der Waals surface area contributed by atoms with Crippen molar-refractivity contribution in [1.29, 1.82) is 0 Å². The summed E-state index contributed by atoms with van der Waals surface area (Å²) in [5, 5.41) is 3.45. The summed E-state index contributed by atoms with van der Waals surface area (Å²) in [6, 6.07) is 2.02. The molecule has 128 valence electrons. The molecule has 0 bridgehead atoms. The summed E-state index contributed by atoms with van der Waals surface area (Å²) in [5.74, 6) is 0.579. The predicted octanol–water partition coefficient (Wildman–Crippen LogP) is 2.41. The van der Waals surface area contributed by atoms with Crippen molar-refractivity contribution in [3.8, 4) is 0 Å². The van der Waals surface area contributed by atoms with E-state index in [2.05, 4.69) is 23.1 Å². The molecule has 1 aromatic rings. The standard InChI is InChI=1S/C16H25N3O2S2/c1-3-21-8-4-7-17-16(22)19-18-15(20)14-10-12-9-11(2)5-6-13(12)23-14/h10-11H,3-9H2,1-2H3,(H,18,20)(H2,17,19,22). The van der Waals surface area contributed by atoms with E-state index in [9.17, 15) is 4.79 Å². The van der Waals surface area contributed by atoms with Crippen molar-refractivity contribution in [3.05, 3.63) is 21.4 Å². The highest BCUT2D eigenvalue weighted by Crippen LogP contribution is 2.31. The van der Waals surface area contributed by atoms with Crippen LogP contribution in [-0.2, 0) is 17.6 Å². The van der Waals surface area contributed by atoms with Gasteiger partial charge < -0.3 is 10.1 Å². The topological polar surface area (TPSA) is 62.4 Å². The van der Waals surface area contributed by atoms with E-state index in [4.69, 9.17) is 17.0 Å². The number of fused-ring (bicyclic) bond motifs is 1. The highest BCUT2D eigenvalue weighted by Gasteiger charge is 2.20. The Morgan fingerprint density at radius 1 is 1.48 bits per heavy atom. The number of carbonyl (C=O) groups is 1. The number of hydrogen-bond donors (Lipinski definition) is 3. The number of thiocarbonyl (C=S) groups is 1. The molecule has 1 aromatic heterocycles. The van der Waals surface area contributed by atoms with E-state index < -0.39 is 0 Å². The second-order valence-corrected chi connectivity index (χ2v) is 7.34. The summed E-state index contributed by atoms with van der Waals surface area (Å²) in [6.45, 7) is 6.38. The average Bonchev–Trinajstić information content (AvgIpc) is 2.95. The smallest absolute Gasteiger partial charge is 0.279 e. The molecule has 1 heterocycles. The van der Waals surface area contributed by atoms with Gasteiger partial charge in [-0.2, -0.15) is 0 Å². The highest BCUT2D eigenvalue weighted by molar-refractivity contribution is 7.80.